The van der Waals surface area contributed by atoms with E-state index in [1.54, 1.807) is 32.3 Å². The molecule has 1 N–H and O–H groups in total. The van der Waals surface area contributed by atoms with Crippen LogP contribution in [0, 0.1) is 5.82 Å². The number of nitrogens with zero attached hydrogens (tertiary/aromatic N) is 2. The van der Waals surface area contributed by atoms with Crippen LogP contribution >= 0.6 is 11.6 Å². The lowest BCUT2D eigenvalue weighted by Gasteiger charge is -2.18. The normalized spacial score (nSPS) is 12.0. The summed E-state index contributed by atoms with van der Waals surface area (Å²) in [6.07, 6.45) is 1.69. The van der Waals surface area contributed by atoms with Gasteiger partial charge in [-0.3, -0.25) is 0 Å². The average Bonchev–Trinajstić information content (AvgIpc) is 2.79. The lowest BCUT2D eigenvalue weighted by Crippen LogP contribution is -2.25. The number of hydrogen-bond acceptors (Lipinski definition) is 2. The van der Waals surface area contributed by atoms with Crippen LogP contribution in [-0.2, 0) is 6.54 Å². The molecule has 2 aromatic carbocycles. The third-order valence-corrected chi connectivity index (χ3v) is 3.66. The lowest BCUT2D eigenvalue weighted by atomic mass is 10.0. The van der Waals surface area contributed by atoms with Crippen molar-refractivity contribution in [2.24, 2.45) is 0 Å². The average molecular weight is 319 g/mol. The molecule has 0 saturated heterocycles. The van der Waals surface area contributed by atoms with Gasteiger partial charge in [0.15, 0.2) is 0 Å². The molecular weight excluding hydrogens is 303 g/mol. The van der Waals surface area contributed by atoms with Crippen molar-refractivity contribution >= 4 is 22.6 Å². The Bertz CT molecular complexity index is 836. The van der Waals surface area contributed by atoms with Crippen LogP contribution in [0.1, 0.15) is 13.8 Å². The van der Waals surface area contributed by atoms with E-state index in [9.17, 15) is 9.50 Å². The standard InChI is InChI=1S/C17H16ClFN2O/c1-17(2,22)9-21-10-20-15-6-3-11(7-16(15)21)13-5-4-12(18)8-14(13)19/h3-8,10,22H,9H2,1-2H3. The van der Waals surface area contributed by atoms with Crippen molar-refractivity contribution in [2.45, 2.75) is 26.0 Å². The van der Waals surface area contributed by atoms with Crippen molar-refractivity contribution in [2.75, 3.05) is 0 Å². The Hall–Kier alpha value is -1.91. The van der Waals surface area contributed by atoms with E-state index in [4.69, 9.17) is 11.6 Å². The number of aliphatic hydroxyl groups is 1. The van der Waals surface area contributed by atoms with E-state index in [0.29, 0.717) is 17.1 Å². The maximum absolute atomic E-state index is 14.1. The molecule has 3 aromatic rings. The van der Waals surface area contributed by atoms with Gasteiger partial charge in [-0.2, -0.15) is 0 Å². The van der Waals surface area contributed by atoms with Crippen LogP contribution in [0.15, 0.2) is 42.7 Å². The molecule has 0 radical (unpaired) electrons. The fraction of sp³-hybridized carbons (Fsp3) is 0.235. The number of rotatable bonds is 3. The minimum atomic E-state index is -0.852. The van der Waals surface area contributed by atoms with Gasteiger partial charge in [-0.25, -0.2) is 9.37 Å². The van der Waals surface area contributed by atoms with Crippen molar-refractivity contribution in [1.82, 2.24) is 9.55 Å². The topological polar surface area (TPSA) is 38.0 Å². The summed E-state index contributed by atoms with van der Waals surface area (Å²) in [4.78, 5) is 4.31. The van der Waals surface area contributed by atoms with E-state index in [1.165, 1.54) is 6.07 Å². The van der Waals surface area contributed by atoms with Crippen LogP contribution in [-0.4, -0.2) is 20.3 Å². The van der Waals surface area contributed by atoms with Crippen molar-refractivity contribution < 1.29 is 9.50 Å². The molecule has 0 atom stereocenters. The van der Waals surface area contributed by atoms with E-state index < -0.39 is 5.60 Å². The zero-order chi connectivity index (χ0) is 15.9. The van der Waals surface area contributed by atoms with Crippen LogP contribution in [0.2, 0.25) is 5.02 Å². The summed E-state index contributed by atoms with van der Waals surface area (Å²) in [5.41, 5.74) is 2.05. The van der Waals surface area contributed by atoms with Gasteiger partial charge in [0, 0.05) is 10.6 Å². The molecule has 0 aliphatic heterocycles. The number of imidazole rings is 1. The van der Waals surface area contributed by atoms with E-state index in [-0.39, 0.29) is 5.82 Å². The van der Waals surface area contributed by atoms with Crippen LogP contribution in [0.5, 0.6) is 0 Å². The van der Waals surface area contributed by atoms with Crippen molar-refractivity contribution in [1.29, 1.82) is 0 Å². The Balaban J connectivity index is 2.10. The van der Waals surface area contributed by atoms with Gasteiger partial charge >= 0.3 is 0 Å². The first-order valence-corrected chi connectivity index (χ1v) is 7.34. The van der Waals surface area contributed by atoms with Gasteiger partial charge < -0.3 is 9.67 Å². The first-order valence-electron chi connectivity index (χ1n) is 6.96. The Labute approximate surface area is 133 Å². The van der Waals surface area contributed by atoms with Gasteiger partial charge in [-0.15, -0.1) is 0 Å². The second kappa shape index (κ2) is 5.38. The third-order valence-electron chi connectivity index (χ3n) is 3.42. The largest absolute Gasteiger partial charge is 0.389 e. The number of halogens is 2. The van der Waals surface area contributed by atoms with Gasteiger partial charge in [-0.05, 0) is 49.7 Å². The SMILES string of the molecule is CC(C)(O)Cn1cnc2ccc(-c3ccc(Cl)cc3F)cc21. The first-order chi connectivity index (χ1) is 10.3. The van der Waals surface area contributed by atoms with Crippen LogP contribution in [0.25, 0.3) is 22.2 Å². The molecule has 0 aliphatic carbocycles. The minimum Gasteiger partial charge on any atom is -0.389 e. The van der Waals surface area contributed by atoms with Crippen LogP contribution in [0.4, 0.5) is 4.39 Å². The molecule has 0 spiro atoms. The molecule has 0 unspecified atom stereocenters. The van der Waals surface area contributed by atoms with Crippen LogP contribution in [0.3, 0.4) is 0 Å². The van der Waals surface area contributed by atoms with Crippen molar-refractivity contribution in [3.8, 4) is 11.1 Å². The number of benzene rings is 2. The summed E-state index contributed by atoms with van der Waals surface area (Å²) in [6.45, 7) is 3.89. The summed E-state index contributed by atoms with van der Waals surface area (Å²) < 4.78 is 16.0. The summed E-state index contributed by atoms with van der Waals surface area (Å²) in [7, 11) is 0. The Morgan fingerprint density at radius 3 is 2.68 bits per heavy atom. The van der Waals surface area contributed by atoms with Gasteiger partial charge in [-0.1, -0.05) is 17.7 Å². The minimum absolute atomic E-state index is 0.361. The first kappa shape index (κ1) is 15.0. The van der Waals surface area contributed by atoms with E-state index in [2.05, 4.69) is 4.98 Å². The van der Waals surface area contributed by atoms with E-state index >= 15 is 0 Å². The molecule has 114 valence electrons. The quantitative estimate of drug-likeness (QED) is 0.783. The maximum Gasteiger partial charge on any atom is 0.132 e. The number of hydrogen-bond donors (Lipinski definition) is 1. The Morgan fingerprint density at radius 1 is 1.23 bits per heavy atom. The molecule has 5 heteroatoms. The highest BCUT2D eigenvalue weighted by molar-refractivity contribution is 6.30. The zero-order valence-electron chi connectivity index (χ0n) is 12.3. The van der Waals surface area contributed by atoms with Gasteiger partial charge in [0.05, 0.1) is 29.5 Å². The predicted molar refractivity (Wildman–Crippen MR) is 86.4 cm³/mol. The lowest BCUT2D eigenvalue weighted by molar-refractivity contribution is 0.0627. The summed E-state index contributed by atoms with van der Waals surface area (Å²) in [5, 5.41) is 10.4. The van der Waals surface area contributed by atoms with Crippen molar-refractivity contribution in [3.63, 3.8) is 0 Å². The highest BCUT2D eigenvalue weighted by Crippen LogP contribution is 2.28. The third kappa shape index (κ3) is 2.98. The zero-order valence-corrected chi connectivity index (χ0v) is 13.1. The predicted octanol–water partition coefficient (Wildman–Crippen LogP) is 4.27. The van der Waals surface area contributed by atoms with Gasteiger partial charge in [0.1, 0.15) is 5.82 Å². The van der Waals surface area contributed by atoms with Gasteiger partial charge in [0.2, 0.25) is 0 Å². The molecule has 0 bridgehead atoms. The molecule has 0 fully saturated rings. The Morgan fingerprint density at radius 2 is 2.00 bits per heavy atom. The second-order valence-electron chi connectivity index (χ2n) is 6.01. The highest BCUT2D eigenvalue weighted by atomic mass is 35.5. The summed E-state index contributed by atoms with van der Waals surface area (Å²) in [6, 6.07) is 10.2. The molecule has 3 nitrogen and oxygen atoms in total. The monoisotopic (exact) mass is 318 g/mol. The number of fused-ring (bicyclic) bond motifs is 1. The molecule has 1 aromatic heterocycles. The Kier molecular flexibility index (Phi) is 3.67. The molecule has 3 rings (SSSR count). The number of aromatic nitrogens is 2. The smallest absolute Gasteiger partial charge is 0.132 e. The van der Waals surface area contributed by atoms with E-state index in [1.807, 2.05) is 22.8 Å². The second-order valence-corrected chi connectivity index (χ2v) is 6.45. The molecular formula is C17H16ClFN2O. The van der Waals surface area contributed by atoms with Gasteiger partial charge in [0.25, 0.3) is 0 Å². The van der Waals surface area contributed by atoms with Crippen LogP contribution < -0.4 is 0 Å². The summed E-state index contributed by atoms with van der Waals surface area (Å²) in [5.74, 6) is -0.361. The molecule has 1 heterocycles. The molecule has 0 saturated carbocycles. The fourth-order valence-electron chi connectivity index (χ4n) is 2.49. The molecule has 0 aliphatic rings. The van der Waals surface area contributed by atoms with Crippen molar-refractivity contribution in [3.05, 3.63) is 53.6 Å². The fourth-order valence-corrected chi connectivity index (χ4v) is 2.65. The van der Waals surface area contributed by atoms with E-state index in [0.717, 1.165) is 16.6 Å². The molecule has 22 heavy (non-hydrogen) atoms. The molecule has 0 amide bonds. The maximum atomic E-state index is 14.1. The summed E-state index contributed by atoms with van der Waals surface area (Å²) >= 11 is 5.80. The highest BCUT2D eigenvalue weighted by Gasteiger charge is 2.16.